The molecule has 3 N–H and O–H groups in total. The van der Waals surface area contributed by atoms with Crippen molar-refractivity contribution in [1.29, 1.82) is 0 Å². The van der Waals surface area contributed by atoms with Crippen molar-refractivity contribution >= 4 is 29.1 Å². The zero-order valence-electron chi connectivity index (χ0n) is 16.9. The van der Waals surface area contributed by atoms with E-state index in [1.54, 1.807) is 57.2 Å². The van der Waals surface area contributed by atoms with Gasteiger partial charge in [0.05, 0.1) is 17.5 Å². The van der Waals surface area contributed by atoms with Gasteiger partial charge in [0.2, 0.25) is 0 Å². The highest BCUT2D eigenvalue weighted by atomic mass is 16.6. The van der Waals surface area contributed by atoms with Crippen LogP contribution in [-0.4, -0.2) is 41.9 Å². The third-order valence-corrected chi connectivity index (χ3v) is 4.47. The van der Waals surface area contributed by atoms with Crippen molar-refractivity contribution in [1.82, 2.24) is 0 Å². The van der Waals surface area contributed by atoms with Crippen LogP contribution < -0.4 is 15.5 Å². The number of aliphatic hydroxyl groups is 1. The Morgan fingerprint density at radius 2 is 1.66 bits per heavy atom. The van der Waals surface area contributed by atoms with Crippen molar-refractivity contribution in [2.75, 3.05) is 28.6 Å². The van der Waals surface area contributed by atoms with Gasteiger partial charge in [-0.05, 0) is 63.6 Å². The lowest BCUT2D eigenvalue weighted by Gasteiger charge is -2.20. The second-order valence-corrected chi connectivity index (χ2v) is 8.06. The van der Waals surface area contributed by atoms with E-state index in [1.807, 2.05) is 12.1 Å². The van der Waals surface area contributed by atoms with Crippen molar-refractivity contribution in [3.05, 3.63) is 54.1 Å². The van der Waals surface area contributed by atoms with E-state index in [2.05, 4.69) is 15.5 Å². The van der Waals surface area contributed by atoms with E-state index in [9.17, 15) is 14.7 Å². The summed E-state index contributed by atoms with van der Waals surface area (Å²) >= 11 is 0. The summed E-state index contributed by atoms with van der Waals surface area (Å²) in [5.74, 6) is -0.281. The van der Waals surface area contributed by atoms with Crippen LogP contribution in [0.25, 0.3) is 0 Å². The van der Waals surface area contributed by atoms with E-state index in [0.29, 0.717) is 23.5 Å². The fourth-order valence-corrected chi connectivity index (χ4v) is 3.11. The number of nitrogens with zero attached hydrogens (tertiary/aromatic N) is 1. The van der Waals surface area contributed by atoms with Gasteiger partial charge in [-0.2, -0.15) is 0 Å². The minimum atomic E-state index is -0.616. The second-order valence-electron chi connectivity index (χ2n) is 8.06. The molecule has 1 saturated heterocycles. The van der Waals surface area contributed by atoms with E-state index in [1.165, 1.54) is 0 Å². The minimum absolute atomic E-state index is 0.281. The number of hydrogen-bond acceptors (Lipinski definition) is 5. The fraction of sp³-hybridized carbons (Fsp3) is 0.364. The molecule has 3 rings (SSSR count). The molecule has 0 aliphatic carbocycles. The van der Waals surface area contributed by atoms with Gasteiger partial charge in [-0.3, -0.25) is 10.1 Å². The number of para-hydroxylation sites is 2. The third kappa shape index (κ3) is 5.71. The van der Waals surface area contributed by atoms with Gasteiger partial charge in [-0.15, -0.1) is 0 Å². The average molecular weight is 397 g/mol. The number of ether oxygens (including phenoxy) is 1. The first-order chi connectivity index (χ1) is 13.7. The molecule has 2 aromatic carbocycles. The molecule has 29 heavy (non-hydrogen) atoms. The number of carbonyl (C=O) groups excluding carboxylic acids is 2. The molecule has 0 bridgehead atoms. The Balaban J connectivity index is 1.67. The zero-order chi connectivity index (χ0) is 21.0. The highest BCUT2D eigenvalue weighted by Gasteiger charge is 2.21. The van der Waals surface area contributed by atoms with Crippen LogP contribution in [0.5, 0.6) is 0 Å². The van der Waals surface area contributed by atoms with E-state index in [0.717, 1.165) is 18.7 Å². The summed E-state index contributed by atoms with van der Waals surface area (Å²) in [6.07, 6.45) is -0.132. The molecular weight excluding hydrogens is 370 g/mol. The molecule has 0 unspecified atom stereocenters. The number of benzene rings is 2. The number of carbonyl (C=O) groups is 2. The number of aliphatic hydroxyl groups excluding tert-OH is 1. The molecule has 2 aromatic rings. The molecule has 1 heterocycles. The van der Waals surface area contributed by atoms with Gasteiger partial charge in [-0.1, -0.05) is 12.1 Å². The summed E-state index contributed by atoms with van der Waals surface area (Å²) in [6.45, 7) is 6.76. The first-order valence-corrected chi connectivity index (χ1v) is 9.65. The molecule has 0 radical (unpaired) electrons. The van der Waals surface area contributed by atoms with E-state index < -0.39 is 11.7 Å². The lowest BCUT2D eigenvalue weighted by atomic mass is 10.1. The zero-order valence-corrected chi connectivity index (χ0v) is 16.9. The topological polar surface area (TPSA) is 90.9 Å². The SMILES string of the molecule is CC(C)(C)OC(=O)Nc1ccccc1NC(=O)c1ccc(N2CC[C@H](O)C2)cc1. The molecule has 154 valence electrons. The summed E-state index contributed by atoms with van der Waals surface area (Å²) in [4.78, 5) is 26.8. The lowest BCUT2D eigenvalue weighted by molar-refractivity contribution is 0.0635. The predicted octanol–water partition coefficient (Wildman–Crippen LogP) is 3.86. The minimum Gasteiger partial charge on any atom is -0.444 e. The van der Waals surface area contributed by atoms with Crippen LogP contribution in [-0.2, 0) is 4.74 Å². The maximum Gasteiger partial charge on any atom is 0.412 e. The molecule has 1 fully saturated rings. The largest absolute Gasteiger partial charge is 0.444 e. The highest BCUT2D eigenvalue weighted by molar-refractivity contribution is 6.07. The van der Waals surface area contributed by atoms with E-state index in [-0.39, 0.29) is 12.0 Å². The maximum absolute atomic E-state index is 12.7. The Kier molecular flexibility index (Phi) is 6.08. The van der Waals surface area contributed by atoms with Crippen molar-refractivity contribution in [3.63, 3.8) is 0 Å². The molecular formula is C22H27N3O4. The second kappa shape index (κ2) is 8.53. The number of rotatable bonds is 4. The molecule has 7 heteroatoms. The number of anilines is 3. The highest BCUT2D eigenvalue weighted by Crippen LogP contribution is 2.24. The van der Waals surface area contributed by atoms with Gasteiger partial charge in [0, 0.05) is 24.3 Å². The molecule has 2 amide bonds. The van der Waals surface area contributed by atoms with Crippen LogP contribution in [0.3, 0.4) is 0 Å². The normalized spacial score (nSPS) is 16.4. The number of nitrogens with one attached hydrogen (secondary N) is 2. The van der Waals surface area contributed by atoms with Crippen molar-refractivity contribution in [3.8, 4) is 0 Å². The lowest BCUT2D eigenvalue weighted by Crippen LogP contribution is -2.27. The molecule has 0 spiro atoms. The Morgan fingerprint density at radius 3 is 2.21 bits per heavy atom. The van der Waals surface area contributed by atoms with Crippen LogP contribution in [0.15, 0.2) is 48.5 Å². The van der Waals surface area contributed by atoms with E-state index in [4.69, 9.17) is 4.74 Å². The monoisotopic (exact) mass is 397 g/mol. The van der Waals surface area contributed by atoms with Crippen LogP contribution in [0.1, 0.15) is 37.6 Å². The fourth-order valence-electron chi connectivity index (χ4n) is 3.11. The van der Waals surface area contributed by atoms with Gasteiger partial charge < -0.3 is 20.1 Å². The third-order valence-electron chi connectivity index (χ3n) is 4.47. The molecule has 0 saturated carbocycles. The number of β-amino-alcohol motifs (C(OH)–C–C–N with tert-alkyl or cyclic N) is 1. The van der Waals surface area contributed by atoms with Crippen molar-refractivity contribution in [2.45, 2.75) is 38.9 Å². The number of hydrogen-bond donors (Lipinski definition) is 3. The van der Waals surface area contributed by atoms with Gasteiger partial charge in [0.25, 0.3) is 5.91 Å². The summed E-state index contributed by atoms with van der Waals surface area (Å²) < 4.78 is 5.27. The summed E-state index contributed by atoms with van der Waals surface area (Å²) in [6, 6.07) is 14.2. The van der Waals surface area contributed by atoms with E-state index >= 15 is 0 Å². The molecule has 1 aliphatic rings. The van der Waals surface area contributed by atoms with Crippen LogP contribution in [0, 0.1) is 0 Å². The quantitative estimate of drug-likeness (QED) is 0.729. The Morgan fingerprint density at radius 1 is 1.03 bits per heavy atom. The Bertz CT molecular complexity index is 874. The summed E-state index contributed by atoms with van der Waals surface area (Å²) in [7, 11) is 0. The van der Waals surface area contributed by atoms with Crippen molar-refractivity contribution < 1.29 is 19.4 Å². The van der Waals surface area contributed by atoms with Gasteiger partial charge >= 0.3 is 6.09 Å². The smallest absolute Gasteiger partial charge is 0.412 e. The maximum atomic E-state index is 12.7. The van der Waals surface area contributed by atoms with Crippen LogP contribution in [0.4, 0.5) is 21.9 Å². The predicted molar refractivity (Wildman–Crippen MR) is 114 cm³/mol. The molecule has 7 nitrogen and oxygen atoms in total. The Hall–Kier alpha value is -3.06. The van der Waals surface area contributed by atoms with Crippen LogP contribution in [0.2, 0.25) is 0 Å². The van der Waals surface area contributed by atoms with Crippen molar-refractivity contribution in [2.24, 2.45) is 0 Å². The van der Waals surface area contributed by atoms with Gasteiger partial charge in [-0.25, -0.2) is 4.79 Å². The number of amides is 2. The molecule has 0 aromatic heterocycles. The molecule has 1 atom stereocenters. The van der Waals surface area contributed by atoms with Gasteiger partial charge in [0.1, 0.15) is 5.60 Å². The first-order valence-electron chi connectivity index (χ1n) is 9.65. The first kappa shape index (κ1) is 20.7. The summed E-state index contributed by atoms with van der Waals surface area (Å²) in [5, 5.41) is 15.2. The van der Waals surface area contributed by atoms with Crippen LogP contribution >= 0.6 is 0 Å². The molecule has 1 aliphatic heterocycles. The summed E-state index contributed by atoms with van der Waals surface area (Å²) in [5.41, 5.74) is 1.80. The standard InChI is InChI=1S/C22H27N3O4/c1-22(2,3)29-21(28)24-19-7-5-4-6-18(19)23-20(27)15-8-10-16(11-9-15)25-13-12-17(26)14-25/h4-11,17,26H,12-14H2,1-3H3,(H,23,27)(H,24,28)/t17-/m0/s1. The van der Waals surface area contributed by atoms with Gasteiger partial charge in [0.15, 0.2) is 0 Å². The Labute approximate surface area is 170 Å². The average Bonchev–Trinajstić information content (AvgIpc) is 3.08.